The summed E-state index contributed by atoms with van der Waals surface area (Å²) in [6.07, 6.45) is 8.52. The molecule has 1 fully saturated rings. The van der Waals surface area contributed by atoms with Gasteiger partial charge in [0.25, 0.3) is 0 Å². The van der Waals surface area contributed by atoms with Crippen molar-refractivity contribution < 1.29 is 4.74 Å². The lowest BCUT2D eigenvalue weighted by Gasteiger charge is -2.29. The lowest BCUT2D eigenvalue weighted by molar-refractivity contribution is 0.442. The van der Waals surface area contributed by atoms with Gasteiger partial charge in [-0.15, -0.1) is 0 Å². The van der Waals surface area contributed by atoms with E-state index in [1.165, 1.54) is 82.2 Å². The first-order valence-electron chi connectivity index (χ1n) is 21.7. The van der Waals surface area contributed by atoms with Crippen LogP contribution >= 0.6 is 0 Å². The van der Waals surface area contributed by atoms with Crippen LogP contribution in [0.25, 0.3) is 27.6 Å². The highest BCUT2D eigenvalue weighted by atomic mass is 16.5. The molecule has 3 heterocycles. The highest BCUT2D eigenvalue weighted by Gasteiger charge is 2.31. The summed E-state index contributed by atoms with van der Waals surface area (Å²) in [4.78, 5) is 9.90. The Morgan fingerprint density at radius 1 is 0.525 bits per heavy atom. The fraction of sp³-hybridized carbons (Fsp3) is 0.352. The number of pyridine rings is 1. The third-order valence-corrected chi connectivity index (χ3v) is 12.7. The molecule has 2 aromatic heterocycles. The SMILES string of the molecule is CC(C)(C)c1cc(Oc2ccc3c4ccccc4n(-c4cc(C(C)(C)C)ccn4)c3c2)cc(N2CN(c3cc(C4CCCCC4)cc(C(C)(C)C)c3)c3ccccc32)c1. The van der Waals surface area contributed by atoms with Gasteiger partial charge in [0.2, 0.25) is 0 Å². The number of para-hydroxylation sites is 3. The smallest absolute Gasteiger partial charge is 0.137 e. The summed E-state index contributed by atoms with van der Waals surface area (Å²) >= 11 is 0. The number of fused-ring (bicyclic) bond motifs is 4. The van der Waals surface area contributed by atoms with E-state index < -0.39 is 0 Å². The van der Waals surface area contributed by atoms with E-state index in [9.17, 15) is 0 Å². The van der Waals surface area contributed by atoms with Gasteiger partial charge in [-0.05, 0) is 124 Å². The first kappa shape index (κ1) is 38.9. The first-order valence-corrected chi connectivity index (χ1v) is 21.7. The summed E-state index contributed by atoms with van der Waals surface area (Å²) in [6, 6.07) is 42.6. The van der Waals surface area contributed by atoms with Gasteiger partial charge >= 0.3 is 0 Å². The quantitative estimate of drug-likeness (QED) is 0.168. The second-order valence-electron chi connectivity index (χ2n) is 20.1. The summed E-state index contributed by atoms with van der Waals surface area (Å²) in [7, 11) is 0. The molecule has 2 aliphatic rings. The summed E-state index contributed by atoms with van der Waals surface area (Å²) in [5.41, 5.74) is 12.4. The maximum atomic E-state index is 6.95. The van der Waals surface area contributed by atoms with Crippen LogP contribution < -0.4 is 14.5 Å². The Morgan fingerprint density at radius 2 is 1.14 bits per heavy atom. The number of nitrogens with zero attached hydrogens (tertiary/aromatic N) is 4. The Labute approximate surface area is 351 Å². The molecule has 0 atom stereocenters. The van der Waals surface area contributed by atoms with Crippen LogP contribution in [0.2, 0.25) is 0 Å². The molecule has 0 N–H and O–H groups in total. The van der Waals surface area contributed by atoms with E-state index in [1.807, 2.05) is 6.20 Å². The fourth-order valence-corrected chi connectivity index (χ4v) is 9.19. The Morgan fingerprint density at radius 3 is 1.81 bits per heavy atom. The standard InChI is InChI=1S/C54H60N4O/c1-52(2,3)38-25-26-55-51(32-38)58-47-20-14-13-19-45(47)46-24-23-43(34-50(46)58)59-44-31-40(54(7,8)9)30-42(33-44)57-35-56(48-21-15-16-22-49(48)57)41-28-37(36-17-11-10-12-18-36)27-39(29-41)53(4,5)6/h13-16,19-34,36H,10-12,17-18,35H2,1-9H3. The van der Waals surface area contributed by atoms with Crippen molar-refractivity contribution in [3.63, 3.8) is 0 Å². The normalized spacial score (nSPS) is 15.3. The molecule has 0 unspecified atom stereocenters. The zero-order chi connectivity index (χ0) is 41.3. The monoisotopic (exact) mass is 780 g/mol. The van der Waals surface area contributed by atoms with E-state index in [1.54, 1.807) is 0 Å². The zero-order valence-electron chi connectivity index (χ0n) is 36.6. The van der Waals surface area contributed by atoms with E-state index in [-0.39, 0.29) is 16.2 Å². The van der Waals surface area contributed by atoms with Gasteiger partial charge in [0.15, 0.2) is 0 Å². The molecule has 59 heavy (non-hydrogen) atoms. The molecule has 5 aromatic carbocycles. The van der Waals surface area contributed by atoms with Gasteiger partial charge < -0.3 is 14.5 Å². The molecule has 1 aliphatic carbocycles. The molecule has 0 spiro atoms. The Balaban J connectivity index is 1.12. The summed E-state index contributed by atoms with van der Waals surface area (Å²) in [5, 5.41) is 2.38. The second-order valence-corrected chi connectivity index (χ2v) is 20.1. The van der Waals surface area contributed by atoms with Gasteiger partial charge in [0, 0.05) is 40.5 Å². The zero-order valence-corrected chi connectivity index (χ0v) is 36.6. The van der Waals surface area contributed by atoms with Crippen molar-refractivity contribution in [3.8, 4) is 17.3 Å². The van der Waals surface area contributed by atoms with Crippen molar-refractivity contribution >= 4 is 44.6 Å². The third kappa shape index (κ3) is 7.50. The number of aromatic nitrogens is 2. The van der Waals surface area contributed by atoms with Crippen LogP contribution in [0.1, 0.15) is 123 Å². The van der Waals surface area contributed by atoms with Gasteiger partial charge in [-0.2, -0.15) is 0 Å². The number of hydrogen-bond donors (Lipinski definition) is 0. The minimum atomic E-state index is -0.0941. The van der Waals surface area contributed by atoms with Crippen molar-refractivity contribution in [2.45, 2.75) is 117 Å². The number of anilines is 4. The van der Waals surface area contributed by atoms with Gasteiger partial charge in [-0.1, -0.05) is 118 Å². The average Bonchev–Trinajstić information content (AvgIpc) is 3.76. The molecule has 9 rings (SSSR count). The number of hydrogen-bond acceptors (Lipinski definition) is 4. The largest absolute Gasteiger partial charge is 0.457 e. The molecular weight excluding hydrogens is 721 g/mol. The molecule has 0 bridgehead atoms. The minimum absolute atomic E-state index is 0.00172. The molecule has 5 nitrogen and oxygen atoms in total. The molecule has 0 saturated heterocycles. The third-order valence-electron chi connectivity index (χ3n) is 12.7. The van der Waals surface area contributed by atoms with Gasteiger partial charge in [-0.25, -0.2) is 4.98 Å². The van der Waals surface area contributed by atoms with Crippen molar-refractivity contribution in [3.05, 3.63) is 144 Å². The summed E-state index contributed by atoms with van der Waals surface area (Å²) < 4.78 is 9.23. The average molecular weight is 781 g/mol. The Kier molecular flexibility index (Phi) is 9.65. The van der Waals surface area contributed by atoms with Crippen LogP contribution in [-0.4, -0.2) is 16.2 Å². The number of benzene rings is 5. The number of rotatable bonds is 6. The van der Waals surface area contributed by atoms with Crippen LogP contribution in [0, 0.1) is 0 Å². The van der Waals surface area contributed by atoms with Crippen LogP contribution in [0.15, 0.2) is 121 Å². The molecule has 0 radical (unpaired) electrons. The van der Waals surface area contributed by atoms with E-state index in [0.717, 1.165) is 40.7 Å². The second kappa shape index (κ2) is 14.6. The van der Waals surface area contributed by atoms with Crippen molar-refractivity contribution in [1.29, 1.82) is 0 Å². The highest BCUT2D eigenvalue weighted by molar-refractivity contribution is 6.09. The lowest BCUT2D eigenvalue weighted by atomic mass is 9.80. The first-order chi connectivity index (χ1) is 28.1. The summed E-state index contributed by atoms with van der Waals surface area (Å²) in [6.45, 7) is 21.4. The molecule has 1 saturated carbocycles. The van der Waals surface area contributed by atoms with Gasteiger partial charge in [0.1, 0.15) is 24.0 Å². The van der Waals surface area contributed by atoms with Crippen molar-refractivity contribution in [2.24, 2.45) is 0 Å². The van der Waals surface area contributed by atoms with Gasteiger partial charge in [0.05, 0.1) is 22.4 Å². The van der Waals surface area contributed by atoms with Crippen LogP contribution in [0.3, 0.4) is 0 Å². The van der Waals surface area contributed by atoms with Crippen molar-refractivity contribution in [1.82, 2.24) is 9.55 Å². The van der Waals surface area contributed by atoms with Crippen molar-refractivity contribution in [2.75, 3.05) is 16.5 Å². The van der Waals surface area contributed by atoms with Crippen LogP contribution in [0.5, 0.6) is 11.5 Å². The summed E-state index contributed by atoms with van der Waals surface area (Å²) in [5.74, 6) is 3.16. The maximum absolute atomic E-state index is 6.95. The van der Waals surface area contributed by atoms with Crippen LogP contribution in [0.4, 0.5) is 22.7 Å². The number of ether oxygens (including phenoxy) is 1. The molecule has 1 aliphatic heterocycles. The molecular formula is C54H60N4O. The molecule has 7 aromatic rings. The highest BCUT2D eigenvalue weighted by Crippen LogP contribution is 2.48. The Bertz CT molecular complexity index is 2680. The predicted molar refractivity (Wildman–Crippen MR) is 249 cm³/mol. The van der Waals surface area contributed by atoms with E-state index in [4.69, 9.17) is 9.72 Å². The molecule has 0 amide bonds. The lowest BCUT2D eigenvalue weighted by Crippen LogP contribution is -2.25. The van der Waals surface area contributed by atoms with E-state index in [0.29, 0.717) is 5.92 Å². The van der Waals surface area contributed by atoms with E-state index >= 15 is 0 Å². The fourth-order valence-electron chi connectivity index (χ4n) is 9.19. The minimum Gasteiger partial charge on any atom is -0.457 e. The Hall–Kier alpha value is -5.55. The molecule has 5 heteroatoms. The molecule has 302 valence electrons. The van der Waals surface area contributed by atoms with Crippen LogP contribution in [-0.2, 0) is 16.2 Å². The van der Waals surface area contributed by atoms with Gasteiger partial charge in [-0.3, -0.25) is 4.57 Å². The topological polar surface area (TPSA) is 33.5 Å². The maximum Gasteiger partial charge on any atom is 0.137 e. The van der Waals surface area contributed by atoms with E-state index in [2.05, 4.69) is 192 Å². The predicted octanol–water partition coefficient (Wildman–Crippen LogP) is 15.2.